The Bertz CT molecular complexity index is 406. The zero-order valence-corrected chi connectivity index (χ0v) is 8.02. The molecule has 0 fully saturated rings. The van der Waals surface area contributed by atoms with E-state index in [4.69, 9.17) is 0 Å². The zero-order valence-electron chi connectivity index (χ0n) is 8.02. The van der Waals surface area contributed by atoms with Gasteiger partial charge in [-0.2, -0.15) is 0 Å². The maximum absolute atomic E-state index is 13.0. The summed E-state index contributed by atoms with van der Waals surface area (Å²) < 4.78 is 15.0. The summed E-state index contributed by atoms with van der Waals surface area (Å²) in [7, 11) is 0. The van der Waals surface area contributed by atoms with Crippen molar-refractivity contribution >= 4 is 0 Å². The number of halogens is 1. The van der Waals surface area contributed by atoms with E-state index < -0.39 is 0 Å². The van der Waals surface area contributed by atoms with Crippen molar-refractivity contribution in [2.24, 2.45) is 0 Å². The first-order valence-corrected chi connectivity index (χ1v) is 4.65. The van der Waals surface area contributed by atoms with Gasteiger partial charge in [0.1, 0.15) is 5.82 Å². The molecule has 0 N–H and O–H groups in total. The molecule has 2 aromatic rings. The molecule has 0 saturated carbocycles. The standard InChI is InChI=1S/C12H12FN/c1-10(14-7-2-3-8-14)11-5-4-6-12(13)9-11/h2-10H,1H3. The molecule has 0 spiro atoms. The highest BCUT2D eigenvalue weighted by molar-refractivity contribution is 5.20. The summed E-state index contributed by atoms with van der Waals surface area (Å²) in [6.07, 6.45) is 3.96. The van der Waals surface area contributed by atoms with Gasteiger partial charge in [-0.25, -0.2) is 4.39 Å². The van der Waals surface area contributed by atoms with E-state index in [9.17, 15) is 4.39 Å². The molecule has 0 aliphatic heterocycles. The largest absolute Gasteiger partial charge is 0.347 e. The van der Waals surface area contributed by atoms with Crippen molar-refractivity contribution < 1.29 is 4.39 Å². The molecule has 0 saturated heterocycles. The Labute approximate surface area is 82.8 Å². The molecule has 0 aliphatic rings. The maximum Gasteiger partial charge on any atom is 0.123 e. The van der Waals surface area contributed by atoms with Crippen LogP contribution in [0.5, 0.6) is 0 Å². The van der Waals surface area contributed by atoms with Crippen LogP contribution in [0.3, 0.4) is 0 Å². The van der Waals surface area contributed by atoms with Gasteiger partial charge in [-0.1, -0.05) is 12.1 Å². The van der Waals surface area contributed by atoms with Gasteiger partial charge in [0.05, 0.1) is 6.04 Å². The molecule has 1 unspecified atom stereocenters. The highest BCUT2D eigenvalue weighted by Gasteiger charge is 2.06. The quantitative estimate of drug-likeness (QED) is 0.683. The molecule has 72 valence electrons. The summed E-state index contributed by atoms with van der Waals surface area (Å²) in [6.45, 7) is 2.05. The summed E-state index contributed by atoms with van der Waals surface area (Å²) >= 11 is 0. The monoisotopic (exact) mass is 189 g/mol. The highest BCUT2D eigenvalue weighted by Crippen LogP contribution is 2.18. The van der Waals surface area contributed by atoms with Crippen molar-refractivity contribution in [3.8, 4) is 0 Å². The van der Waals surface area contributed by atoms with E-state index in [2.05, 4.69) is 11.5 Å². The molecule has 1 heterocycles. The van der Waals surface area contributed by atoms with Crippen molar-refractivity contribution in [2.75, 3.05) is 0 Å². The van der Waals surface area contributed by atoms with Gasteiger partial charge in [0.25, 0.3) is 0 Å². The lowest BCUT2D eigenvalue weighted by atomic mass is 10.1. The second-order valence-corrected chi connectivity index (χ2v) is 3.36. The first-order valence-electron chi connectivity index (χ1n) is 4.65. The zero-order chi connectivity index (χ0) is 9.97. The van der Waals surface area contributed by atoms with Gasteiger partial charge in [0, 0.05) is 12.4 Å². The van der Waals surface area contributed by atoms with Crippen LogP contribution in [0.15, 0.2) is 48.8 Å². The average Bonchev–Trinajstić information content (AvgIpc) is 2.69. The number of rotatable bonds is 2. The number of hydrogen-bond acceptors (Lipinski definition) is 0. The highest BCUT2D eigenvalue weighted by atomic mass is 19.1. The molecule has 0 aliphatic carbocycles. The van der Waals surface area contributed by atoms with Crippen LogP contribution < -0.4 is 0 Å². The molecule has 1 nitrogen and oxygen atoms in total. The maximum atomic E-state index is 13.0. The minimum atomic E-state index is -0.179. The molecule has 2 rings (SSSR count). The van der Waals surface area contributed by atoms with Crippen LogP contribution in [0.2, 0.25) is 0 Å². The normalized spacial score (nSPS) is 12.7. The molecular weight excluding hydrogens is 177 g/mol. The molecule has 0 radical (unpaired) electrons. The first kappa shape index (κ1) is 9.00. The molecule has 1 atom stereocenters. The number of nitrogens with zero attached hydrogens (tertiary/aromatic N) is 1. The third-order valence-electron chi connectivity index (χ3n) is 2.41. The Balaban J connectivity index is 2.32. The van der Waals surface area contributed by atoms with Crippen molar-refractivity contribution in [3.63, 3.8) is 0 Å². The van der Waals surface area contributed by atoms with Crippen LogP contribution in [0.25, 0.3) is 0 Å². The van der Waals surface area contributed by atoms with E-state index in [1.165, 1.54) is 6.07 Å². The van der Waals surface area contributed by atoms with Gasteiger partial charge in [-0.05, 0) is 36.8 Å². The fourth-order valence-electron chi connectivity index (χ4n) is 1.54. The van der Waals surface area contributed by atoms with Crippen LogP contribution in [-0.2, 0) is 0 Å². The van der Waals surface area contributed by atoms with Crippen LogP contribution in [0, 0.1) is 5.82 Å². The van der Waals surface area contributed by atoms with Crippen LogP contribution >= 0.6 is 0 Å². The fraction of sp³-hybridized carbons (Fsp3) is 0.167. The molecular formula is C12H12FN. The van der Waals surface area contributed by atoms with E-state index in [1.807, 2.05) is 30.6 Å². The Morgan fingerprint density at radius 1 is 1.14 bits per heavy atom. The van der Waals surface area contributed by atoms with Gasteiger partial charge >= 0.3 is 0 Å². The number of aromatic nitrogens is 1. The second kappa shape index (κ2) is 3.66. The van der Waals surface area contributed by atoms with Gasteiger partial charge in [-0.15, -0.1) is 0 Å². The lowest BCUT2D eigenvalue weighted by Crippen LogP contribution is -2.03. The fourth-order valence-corrected chi connectivity index (χ4v) is 1.54. The van der Waals surface area contributed by atoms with E-state index in [0.717, 1.165) is 5.56 Å². The average molecular weight is 189 g/mol. The summed E-state index contributed by atoms with van der Waals surface area (Å²) in [4.78, 5) is 0. The van der Waals surface area contributed by atoms with Gasteiger partial charge in [-0.3, -0.25) is 0 Å². The minimum absolute atomic E-state index is 0.179. The third kappa shape index (κ3) is 1.69. The SMILES string of the molecule is CC(c1cccc(F)c1)n1cccc1. The molecule has 0 bridgehead atoms. The van der Waals surface area contributed by atoms with E-state index in [0.29, 0.717) is 0 Å². The second-order valence-electron chi connectivity index (χ2n) is 3.36. The lowest BCUT2D eigenvalue weighted by Gasteiger charge is -2.13. The molecule has 1 aromatic carbocycles. The predicted octanol–water partition coefficient (Wildman–Crippen LogP) is 3.24. The third-order valence-corrected chi connectivity index (χ3v) is 2.41. The van der Waals surface area contributed by atoms with Crippen LogP contribution in [-0.4, -0.2) is 4.57 Å². The Morgan fingerprint density at radius 2 is 1.86 bits per heavy atom. The van der Waals surface area contributed by atoms with Crippen molar-refractivity contribution in [1.82, 2.24) is 4.57 Å². The number of hydrogen-bond donors (Lipinski definition) is 0. The van der Waals surface area contributed by atoms with E-state index >= 15 is 0 Å². The first-order chi connectivity index (χ1) is 6.77. The Hall–Kier alpha value is -1.57. The summed E-state index contributed by atoms with van der Waals surface area (Å²) in [5, 5.41) is 0. The van der Waals surface area contributed by atoms with Crippen molar-refractivity contribution in [3.05, 3.63) is 60.2 Å². The minimum Gasteiger partial charge on any atom is -0.347 e. The Kier molecular flexibility index (Phi) is 2.35. The van der Waals surface area contributed by atoms with Gasteiger partial charge < -0.3 is 4.57 Å². The van der Waals surface area contributed by atoms with E-state index in [1.54, 1.807) is 12.1 Å². The van der Waals surface area contributed by atoms with E-state index in [-0.39, 0.29) is 11.9 Å². The number of benzene rings is 1. The van der Waals surface area contributed by atoms with Gasteiger partial charge in [0.2, 0.25) is 0 Å². The topological polar surface area (TPSA) is 4.93 Å². The summed E-state index contributed by atoms with van der Waals surface area (Å²) in [6, 6.07) is 10.8. The predicted molar refractivity (Wildman–Crippen MR) is 54.6 cm³/mol. The molecule has 1 aromatic heterocycles. The molecule has 14 heavy (non-hydrogen) atoms. The summed E-state index contributed by atoms with van der Waals surface area (Å²) in [5.74, 6) is -0.179. The molecule has 0 amide bonds. The van der Waals surface area contributed by atoms with Crippen LogP contribution in [0.4, 0.5) is 4.39 Å². The van der Waals surface area contributed by atoms with Gasteiger partial charge in [0.15, 0.2) is 0 Å². The Morgan fingerprint density at radius 3 is 2.50 bits per heavy atom. The molecule has 2 heteroatoms. The summed E-state index contributed by atoms with van der Waals surface area (Å²) in [5.41, 5.74) is 0.987. The lowest BCUT2D eigenvalue weighted by molar-refractivity contribution is 0.606. The van der Waals surface area contributed by atoms with Crippen molar-refractivity contribution in [1.29, 1.82) is 0 Å². The smallest absolute Gasteiger partial charge is 0.123 e. The van der Waals surface area contributed by atoms with Crippen molar-refractivity contribution in [2.45, 2.75) is 13.0 Å². The van der Waals surface area contributed by atoms with Crippen LogP contribution in [0.1, 0.15) is 18.5 Å².